The maximum atomic E-state index is 13.8. The van der Waals surface area contributed by atoms with E-state index >= 15 is 0 Å². The second kappa shape index (κ2) is 6.77. The Morgan fingerprint density at radius 2 is 1.96 bits per heavy atom. The van der Waals surface area contributed by atoms with Crippen molar-refractivity contribution < 1.29 is 31.1 Å². The van der Waals surface area contributed by atoms with Gasteiger partial charge in [0.05, 0.1) is 5.56 Å². The summed E-state index contributed by atoms with van der Waals surface area (Å²) in [6.45, 7) is 0.952. The molecular weight excluding hydrogens is 352 g/mol. The highest BCUT2D eigenvalue weighted by atomic mass is 19.4. The van der Waals surface area contributed by atoms with Gasteiger partial charge in [-0.15, -0.1) is 0 Å². The van der Waals surface area contributed by atoms with E-state index < -0.39 is 47.8 Å². The molecule has 1 amide bonds. The van der Waals surface area contributed by atoms with E-state index in [0.29, 0.717) is 10.2 Å². The molecule has 0 bridgehead atoms. The topological polar surface area (TPSA) is 46.9 Å². The van der Waals surface area contributed by atoms with Crippen LogP contribution in [0.15, 0.2) is 18.2 Å². The number of halogens is 6. The van der Waals surface area contributed by atoms with Crippen LogP contribution in [0, 0.1) is 12.9 Å². The minimum Gasteiger partial charge on any atom is -0.348 e. The predicted octanol–water partition coefficient (Wildman–Crippen LogP) is 3.75. The van der Waals surface area contributed by atoms with Crippen LogP contribution in [0.5, 0.6) is 0 Å². The van der Waals surface area contributed by atoms with Crippen molar-refractivity contribution in [3.8, 4) is 0 Å². The summed E-state index contributed by atoms with van der Waals surface area (Å²) in [7, 11) is 1.03. The molecule has 25 heavy (non-hydrogen) atoms. The van der Waals surface area contributed by atoms with Crippen LogP contribution in [-0.2, 0) is 19.8 Å². The number of aryl methyl sites for hydroxylation is 2. The Morgan fingerprint density at radius 1 is 1.32 bits per heavy atom. The van der Waals surface area contributed by atoms with Crippen molar-refractivity contribution in [3.05, 3.63) is 52.1 Å². The summed E-state index contributed by atoms with van der Waals surface area (Å²) in [5.74, 6) is -2.57. The molecule has 1 aromatic heterocycles. The lowest BCUT2D eigenvalue weighted by atomic mass is 10.0. The molecule has 0 aliphatic carbocycles. The maximum Gasteiger partial charge on any atom is 0.416 e. The molecule has 2 aromatic rings. The smallest absolute Gasteiger partial charge is 0.348 e. The van der Waals surface area contributed by atoms with Gasteiger partial charge < -0.3 is 5.32 Å². The third kappa shape index (κ3) is 3.94. The lowest BCUT2D eigenvalue weighted by molar-refractivity contribution is -0.138. The first-order chi connectivity index (χ1) is 11.5. The standard InChI is InChI=1S/C15H13F6N3O/c1-7-3-4-9(15(19,20)21)8(5-7)6-22-14(25)10-11(12(16)17)23-24(2)13(10)18/h3-5,12H,6H2,1-2H3,(H,22,25). The maximum absolute atomic E-state index is 13.8. The van der Waals surface area contributed by atoms with E-state index in [1.165, 1.54) is 12.1 Å². The van der Waals surface area contributed by atoms with Crippen LogP contribution < -0.4 is 5.32 Å². The van der Waals surface area contributed by atoms with Crippen molar-refractivity contribution in [2.75, 3.05) is 0 Å². The van der Waals surface area contributed by atoms with E-state index in [1.807, 2.05) is 5.32 Å². The fraction of sp³-hybridized carbons (Fsp3) is 0.333. The van der Waals surface area contributed by atoms with E-state index in [9.17, 15) is 31.1 Å². The molecule has 136 valence electrons. The molecule has 4 nitrogen and oxygen atoms in total. The number of nitrogens with zero attached hydrogens (tertiary/aromatic N) is 2. The molecular formula is C15H13F6N3O. The molecule has 1 heterocycles. The fourth-order valence-corrected chi connectivity index (χ4v) is 2.29. The molecule has 0 aliphatic heterocycles. The van der Waals surface area contributed by atoms with E-state index in [2.05, 4.69) is 5.10 Å². The van der Waals surface area contributed by atoms with Gasteiger partial charge in [-0.3, -0.25) is 4.79 Å². The van der Waals surface area contributed by atoms with Crippen molar-refractivity contribution in [1.82, 2.24) is 15.1 Å². The lowest BCUT2D eigenvalue weighted by Gasteiger charge is -2.14. The highest BCUT2D eigenvalue weighted by Gasteiger charge is 2.34. The molecule has 10 heteroatoms. The predicted molar refractivity (Wildman–Crippen MR) is 75.5 cm³/mol. The second-order valence-electron chi connectivity index (χ2n) is 5.32. The zero-order valence-electron chi connectivity index (χ0n) is 13.1. The van der Waals surface area contributed by atoms with E-state index in [1.54, 1.807) is 6.92 Å². The van der Waals surface area contributed by atoms with Crippen molar-refractivity contribution in [2.45, 2.75) is 26.1 Å². The van der Waals surface area contributed by atoms with Crippen LogP contribution in [0.4, 0.5) is 26.3 Å². The SMILES string of the molecule is Cc1ccc(C(F)(F)F)c(CNC(=O)c2c(C(F)F)nn(C)c2F)c1. The average Bonchev–Trinajstić information content (AvgIpc) is 2.79. The molecule has 0 radical (unpaired) electrons. The van der Waals surface area contributed by atoms with Gasteiger partial charge in [0.25, 0.3) is 12.3 Å². The zero-order valence-corrected chi connectivity index (χ0v) is 13.1. The number of amides is 1. The summed E-state index contributed by atoms with van der Waals surface area (Å²) in [5, 5.41) is 5.25. The Labute approximate surface area is 138 Å². The van der Waals surface area contributed by atoms with Crippen LogP contribution in [0.25, 0.3) is 0 Å². The summed E-state index contributed by atoms with van der Waals surface area (Å²) < 4.78 is 78.9. The van der Waals surface area contributed by atoms with Gasteiger partial charge >= 0.3 is 6.18 Å². The summed E-state index contributed by atoms with van der Waals surface area (Å²) in [6, 6.07) is 3.31. The van der Waals surface area contributed by atoms with Crippen LogP contribution in [0.1, 0.15) is 39.2 Å². The lowest BCUT2D eigenvalue weighted by Crippen LogP contribution is -2.26. The monoisotopic (exact) mass is 365 g/mol. The minimum atomic E-state index is -4.65. The number of benzene rings is 1. The first-order valence-corrected chi connectivity index (χ1v) is 6.97. The Hall–Kier alpha value is -2.52. The van der Waals surface area contributed by atoms with E-state index in [4.69, 9.17) is 0 Å². The van der Waals surface area contributed by atoms with Gasteiger partial charge in [-0.05, 0) is 18.6 Å². The molecule has 0 aliphatic rings. The number of aromatic nitrogens is 2. The number of nitrogens with one attached hydrogen (secondary N) is 1. The van der Waals surface area contributed by atoms with Gasteiger partial charge in [-0.2, -0.15) is 22.7 Å². The molecule has 1 N–H and O–H groups in total. The van der Waals surface area contributed by atoms with E-state index in [-0.39, 0.29) is 5.56 Å². The summed E-state index contributed by atoms with van der Waals surface area (Å²) in [4.78, 5) is 12.0. The first-order valence-electron chi connectivity index (χ1n) is 6.97. The van der Waals surface area contributed by atoms with Gasteiger partial charge in [0, 0.05) is 13.6 Å². The van der Waals surface area contributed by atoms with Crippen LogP contribution in [0.3, 0.4) is 0 Å². The van der Waals surface area contributed by atoms with Crippen molar-refractivity contribution >= 4 is 5.91 Å². The largest absolute Gasteiger partial charge is 0.416 e. The molecule has 0 unspecified atom stereocenters. The first kappa shape index (κ1) is 18.8. The number of alkyl halides is 5. The van der Waals surface area contributed by atoms with Crippen molar-refractivity contribution in [1.29, 1.82) is 0 Å². The molecule has 2 rings (SSSR count). The number of rotatable bonds is 4. The van der Waals surface area contributed by atoms with Crippen molar-refractivity contribution in [2.24, 2.45) is 7.05 Å². The van der Waals surface area contributed by atoms with Gasteiger partial charge in [-0.25, -0.2) is 13.5 Å². The molecule has 0 atom stereocenters. The molecule has 0 spiro atoms. The third-order valence-corrected chi connectivity index (χ3v) is 3.44. The average molecular weight is 365 g/mol. The molecule has 0 fully saturated rings. The Bertz CT molecular complexity index is 797. The summed E-state index contributed by atoms with van der Waals surface area (Å²) in [6.07, 6.45) is -7.86. The van der Waals surface area contributed by atoms with Crippen molar-refractivity contribution in [3.63, 3.8) is 0 Å². The Balaban J connectivity index is 2.29. The van der Waals surface area contributed by atoms with Gasteiger partial charge in [0.1, 0.15) is 11.3 Å². The molecule has 0 saturated heterocycles. The highest BCUT2D eigenvalue weighted by Crippen LogP contribution is 2.32. The van der Waals surface area contributed by atoms with Crippen LogP contribution >= 0.6 is 0 Å². The fourth-order valence-electron chi connectivity index (χ4n) is 2.29. The van der Waals surface area contributed by atoms with E-state index in [0.717, 1.165) is 13.1 Å². The highest BCUT2D eigenvalue weighted by molar-refractivity contribution is 5.95. The quantitative estimate of drug-likeness (QED) is 0.839. The molecule has 0 saturated carbocycles. The number of carbonyl (C=O) groups is 1. The zero-order chi connectivity index (χ0) is 18.9. The number of hydrogen-bond donors (Lipinski definition) is 1. The Morgan fingerprint density at radius 3 is 2.52 bits per heavy atom. The second-order valence-corrected chi connectivity index (χ2v) is 5.32. The third-order valence-electron chi connectivity index (χ3n) is 3.44. The van der Waals surface area contributed by atoms with Crippen LogP contribution in [-0.4, -0.2) is 15.7 Å². The van der Waals surface area contributed by atoms with Gasteiger partial charge in [-0.1, -0.05) is 17.7 Å². The molecule has 1 aromatic carbocycles. The number of carbonyl (C=O) groups excluding carboxylic acids is 1. The van der Waals surface area contributed by atoms with Gasteiger partial charge in [0.2, 0.25) is 5.95 Å². The Kier molecular flexibility index (Phi) is 5.09. The van der Waals surface area contributed by atoms with Crippen LogP contribution in [0.2, 0.25) is 0 Å². The minimum absolute atomic E-state index is 0.260. The normalized spacial score (nSPS) is 11.9. The number of hydrogen-bond acceptors (Lipinski definition) is 2. The summed E-state index contributed by atoms with van der Waals surface area (Å²) in [5.41, 5.74) is -2.78. The summed E-state index contributed by atoms with van der Waals surface area (Å²) >= 11 is 0. The van der Waals surface area contributed by atoms with Gasteiger partial charge in [0.15, 0.2) is 0 Å².